The third-order valence-electron chi connectivity index (χ3n) is 6.45. The molecule has 0 radical (unpaired) electrons. The largest absolute Gasteiger partial charge is 0.416 e. The average molecular weight is 588 g/mol. The van der Waals surface area contributed by atoms with Gasteiger partial charge in [-0.05, 0) is 61.2 Å². The van der Waals surface area contributed by atoms with Gasteiger partial charge in [-0.2, -0.15) is 17.5 Å². The third kappa shape index (κ3) is 5.30. The molecule has 1 atom stereocenters. The Morgan fingerprint density at radius 1 is 1.14 bits per heavy atom. The van der Waals surface area contributed by atoms with Gasteiger partial charge in [0.05, 0.1) is 17.2 Å². The second kappa shape index (κ2) is 10.1. The molecule has 194 valence electrons. The van der Waals surface area contributed by atoms with Gasteiger partial charge in [0, 0.05) is 36.2 Å². The molecule has 0 aromatic heterocycles. The average Bonchev–Trinajstić information content (AvgIpc) is 3.26. The van der Waals surface area contributed by atoms with E-state index >= 15 is 0 Å². The van der Waals surface area contributed by atoms with Gasteiger partial charge in [0.15, 0.2) is 0 Å². The van der Waals surface area contributed by atoms with E-state index in [1.54, 1.807) is 6.92 Å². The number of alkyl halides is 3. The number of nitrogens with one attached hydrogen (secondary N) is 1. The van der Waals surface area contributed by atoms with E-state index in [9.17, 15) is 31.2 Å². The highest BCUT2D eigenvalue weighted by Gasteiger charge is 2.38. The highest BCUT2D eigenvalue weighted by molar-refractivity contribution is 9.10. The van der Waals surface area contributed by atoms with Crippen molar-refractivity contribution >= 4 is 49.1 Å². The lowest BCUT2D eigenvalue weighted by Crippen LogP contribution is -2.44. The summed E-state index contributed by atoms with van der Waals surface area (Å²) in [6, 6.07) is 7.40. The first kappa shape index (κ1) is 26.6. The normalized spacial score (nSPS) is 18.7. The zero-order chi connectivity index (χ0) is 26.3. The molecule has 1 N–H and O–H groups in total. The molecule has 36 heavy (non-hydrogen) atoms. The fourth-order valence-corrected chi connectivity index (χ4v) is 7.05. The summed E-state index contributed by atoms with van der Waals surface area (Å²) in [6.07, 6.45) is -2.82. The molecule has 2 amide bonds. The van der Waals surface area contributed by atoms with Crippen LogP contribution in [0, 0.1) is 5.92 Å². The van der Waals surface area contributed by atoms with Crippen LogP contribution in [0.1, 0.15) is 37.3 Å². The lowest BCUT2D eigenvalue weighted by molar-refractivity contribution is -0.137. The first-order chi connectivity index (χ1) is 16.9. The maximum absolute atomic E-state index is 13.7. The maximum atomic E-state index is 13.7. The highest BCUT2D eigenvalue weighted by Crippen LogP contribution is 2.40. The zero-order valence-electron chi connectivity index (χ0n) is 19.4. The molecule has 4 rings (SSSR count). The van der Waals surface area contributed by atoms with Gasteiger partial charge in [0.1, 0.15) is 4.90 Å². The van der Waals surface area contributed by atoms with Crippen LogP contribution in [-0.4, -0.2) is 44.2 Å². The molecule has 0 unspecified atom stereocenters. The van der Waals surface area contributed by atoms with Crippen molar-refractivity contribution in [1.82, 2.24) is 4.31 Å². The van der Waals surface area contributed by atoms with E-state index in [4.69, 9.17) is 0 Å². The summed E-state index contributed by atoms with van der Waals surface area (Å²) in [4.78, 5) is 26.9. The number of amides is 2. The number of nitrogens with zero attached hydrogens (tertiary/aromatic N) is 2. The van der Waals surface area contributed by atoms with Crippen LogP contribution in [0.4, 0.5) is 24.5 Å². The number of fused-ring (bicyclic) bond motifs is 1. The first-order valence-corrected chi connectivity index (χ1v) is 13.8. The Hall–Kier alpha value is -2.44. The number of carbonyl (C=O) groups excluding carboxylic acids is 2. The van der Waals surface area contributed by atoms with Crippen LogP contribution in [-0.2, 0) is 32.2 Å². The van der Waals surface area contributed by atoms with Crippen molar-refractivity contribution < 1.29 is 31.2 Å². The van der Waals surface area contributed by atoms with E-state index in [0.29, 0.717) is 36.0 Å². The number of halogens is 4. The lowest BCUT2D eigenvalue weighted by atomic mass is 9.98. The highest BCUT2D eigenvalue weighted by atomic mass is 79.9. The predicted octanol–water partition coefficient (Wildman–Crippen LogP) is 4.81. The Bertz CT molecular complexity index is 1280. The lowest BCUT2D eigenvalue weighted by Gasteiger charge is -2.32. The number of carbonyl (C=O) groups is 2. The van der Waals surface area contributed by atoms with Crippen molar-refractivity contribution in [2.75, 3.05) is 29.9 Å². The molecule has 2 aliphatic rings. The summed E-state index contributed by atoms with van der Waals surface area (Å²) in [5.74, 6) is -1.30. The smallest absolute Gasteiger partial charge is 0.326 e. The van der Waals surface area contributed by atoms with Crippen LogP contribution < -0.4 is 10.2 Å². The molecular weight excluding hydrogens is 563 g/mol. The van der Waals surface area contributed by atoms with Gasteiger partial charge in [-0.1, -0.05) is 22.9 Å². The van der Waals surface area contributed by atoms with Gasteiger partial charge >= 0.3 is 6.18 Å². The van der Waals surface area contributed by atoms with Gasteiger partial charge in [-0.15, -0.1) is 0 Å². The Labute approximate surface area is 215 Å². The van der Waals surface area contributed by atoms with E-state index in [2.05, 4.69) is 21.2 Å². The van der Waals surface area contributed by atoms with Crippen molar-refractivity contribution in [2.45, 2.75) is 43.7 Å². The van der Waals surface area contributed by atoms with Crippen molar-refractivity contribution in [1.29, 1.82) is 0 Å². The van der Waals surface area contributed by atoms with E-state index in [-0.39, 0.29) is 36.0 Å². The molecule has 1 fully saturated rings. The van der Waals surface area contributed by atoms with Gasteiger partial charge < -0.3 is 10.2 Å². The van der Waals surface area contributed by atoms with E-state index in [1.807, 2.05) is 6.07 Å². The fraction of sp³-hybridized carbons (Fsp3) is 0.417. The maximum Gasteiger partial charge on any atom is 0.416 e. The number of hydrogen-bond acceptors (Lipinski definition) is 4. The molecule has 0 aliphatic carbocycles. The summed E-state index contributed by atoms with van der Waals surface area (Å²) in [5.41, 5.74) is 0.527. The first-order valence-electron chi connectivity index (χ1n) is 11.5. The minimum absolute atomic E-state index is 0.0231. The molecule has 7 nitrogen and oxygen atoms in total. The van der Waals surface area contributed by atoms with E-state index in [1.165, 1.54) is 27.4 Å². The van der Waals surface area contributed by atoms with Crippen LogP contribution in [0.5, 0.6) is 0 Å². The quantitative estimate of drug-likeness (QED) is 0.544. The second-order valence-electron chi connectivity index (χ2n) is 8.83. The van der Waals surface area contributed by atoms with Crippen LogP contribution in [0.15, 0.2) is 45.8 Å². The van der Waals surface area contributed by atoms with Gasteiger partial charge in [-0.25, -0.2) is 8.42 Å². The van der Waals surface area contributed by atoms with Crippen molar-refractivity contribution in [2.24, 2.45) is 5.92 Å². The Morgan fingerprint density at radius 2 is 1.83 bits per heavy atom. The number of sulfonamides is 1. The summed E-state index contributed by atoms with van der Waals surface area (Å²) >= 11 is 3.37. The Kier molecular flexibility index (Phi) is 7.50. The monoisotopic (exact) mass is 587 g/mol. The summed E-state index contributed by atoms with van der Waals surface area (Å²) in [6.45, 7) is 2.27. The van der Waals surface area contributed by atoms with Gasteiger partial charge in [0.2, 0.25) is 21.8 Å². The molecular formula is C24H25BrF3N3O4S. The van der Waals surface area contributed by atoms with Crippen LogP contribution in [0.3, 0.4) is 0 Å². The zero-order valence-corrected chi connectivity index (χ0v) is 21.8. The summed E-state index contributed by atoms with van der Waals surface area (Å²) in [5, 5.41) is 2.59. The Balaban J connectivity index is 1.55. The molecule has 2 aromatic rings. The SMILES string of the molecule is CCC(=O)N1CCc2cc(Br)cc(S(=O)(=O)N3CCC[C@H](C(=O)Nc4ccc(C(F)(F)F)cc4)C3)c21. The van der Waals surface area contributed by atoms with Crippen LogP contribution >= 0.6 is 15.9 Å². The predicted molar refractivity (Wildman–Crippen MR) is 132 cm³/mol. The van der Waals surface area contributed by atoms with Gasteiger partial charge in [0.25, 0.3) is 0 Å². The number of anilines is 2. The molecule has 0 bridgehead atoms. The number of piperidine rings is 1. The summed E-state index contributed by atoms with van der Waals surface area (Å²) in [7, 11) is -4.04. The molecule has 0 saturated carbocycles. The topological polar surface area (TPSA) is 86.8 Å². The van der Waals surface area contributed by atoms with Crippen molar-refractivity contribution in [3.05, 3.63) is 52.0 Å². The van der Waals surface area contributed by atoms with E-state index < -0.39 is 33.6 Å². The van der Waals surface area contributed by atoms with Crippen molar-refractivity contribution in [3.63, 3.8) is 0 Å². The second-order valence-corrected chi connectivity index (χ2v) is 11.6. The summed E-state index contributed by atoms with van der Waals surface area (Å²) < 4.78 is 67.7. The number of rotatable bonds is 5. The molecule has 1 saturated heterocycles. The molecule has 12 heteroatoms. The number of benzene rings is 2. The molecule has 2 aliphatic heterocycles. The third-order valence-corrected chi connectivity index (χ3v) is 8.79. The Morgan fingerprint density at radius 3 is 2.47 bits per heavy atom. The number of hydrogen-bond donors (Lipinski definition) is 1. The molecule has 2 heterocycles. The minimum atomic E-state index is -4.48. The van der Waals surface area contributed by atoms with Crippen molar-refractivity contribution in [3.8, 4) is 0 Å². The van der Waals surface area contributed by atoms with E-state index in [0.717, 1.165) is 17.7 Å². The molecule has 2 aromatic carbocycles. The van der Waals surface area contributed by atoms with Gasteiger partial charge in [-0.3, -0.25) is 9.59 Å². The molecule has 0 spiro atoms. The van der Waals surface area contributed by atoms with Crippen LogP contribution in [0.2, 0.25) is 0 Å². The minimum Gasteiger partial charge on any atom is -0.326 e. The van der Waals surface area contributed by atoms with Crippen LogP contribution in [0.25, 0.3) is 0 Å². The standard InChI is InChI=1S/C24H25BrF3N3O4S/c1-2-21(32)31-11-9-15-12-18(25)13-20(22(15)31)36(34,35)30-10-3-4-16(14-30)23(33)29-19-7-5-17(6-8-19)24(26,27)28/h5-8,12-13,16H,2-4,9-11,14H2,1H3,(H,29,33)/t16-/m0/s1. The fourth-order valence-electron chi connectivity index (χ4n) is 4.61.